The largest absolute Gasteiger partial charge is 0.497 e. The summed E-state index contributed by atoms with van der Waals surface area (Å²) >= 11 is 0. The lowest BCUT2D eigenvalue weighted by atomic mass is 9.98. The molecule has 6 rings (SSSR count). The van der Waals surface area contributed by atoms with Crippen LogP contribution in [0.3, 0.4) is 0 Å². The van der Waals surface area contributed by atoms with Crippen LogP contribution in [-0.4, -0.2) is 118 Å². The lowest BCUT2D eigenvalue weighted by molar-refractivity contribution is -0.166. The van der Waals surface area contributed by atoms with Crippen molar-refractivity contribution in [1.82, 2.24) is 25.1 Å². The zero-order valence-corrected chi connectivity index (χ0v) is 54.1. The van der Waals surface area contributed by atoms with Crippen LogP contribution in [0.5, 0.6) is 5.75 Å². The first-order chi connectivity index (χ1) is 39.0. The van der Waals surface area contributed by atoms with E-state index in [1.54, 1.807) is 52.1 Å². The molecule has 1 aromatic heterocycles. The van der Waals surface area contributed by atoms with Crippen LogP contribution in [-0.2, 0) is 39.2 Å². The summed E-state index contributed by atoms with van der Waals surface area (Å²) in [5, 5.41) is 21.3. The van der Waals surface area contributed by atoms with Crippen molar-refractivity contribution in [3.8, 4) is 16.9 Å². The fourth-order valence-corrected chi connectivity index (χ4v) is 12.7. The van der Waals surface area contributed by atoms with E-state index in [1.165, 1.54) is 39.1 Å². The van der Waals surface area contributed by atoms with Gasteiger partial charge >= 0.3 is 17.8 Å². The maximum Gasteiger partial charge on any atom is 0.407 e. The van der Waals surface area contributed by atoms with E-state index in [9.17, 15) is 29.1 Å². The number of ether oxygens (including phenoxy) is 4. The standard InChI is InChI=1S/C64H97N5O12Si2/c1-62(2,3)79-59(73)53(66-40-27-39-65-51(70)32-21-19-17-15-16-18-20-26-38-67-60(74)77-43-50-48-30-24-22-28-46(48)47-29-23-25-31-49(47)50)54(72)55-56(80-82(11,12)63(4,5)6)57(81-83(13,14)64(7,8)9)58(78-55)68-41-37-52(71)69(61(68)75)42-44-33-35-45(76-10)36-34-44/h22-25,28-31,33-37,41,50,53-58,66,72H,15-21,26-27,32,38-40,42-43H2,1-14H3,(H,65,70)(H,67,74)/t53-,54?,55+,56+,57+,58+/m0/s1. The second-order valence-corrected chi connectivity index (χ2v) is 36.0. The molecule has 2 heterocycles. The number of amides is 2. The predicted molar refractivity (Wildman–Crippen MR) is 331 cm³/mol. The molecule has 0 radical (unpaired) electrons. The van der Waals surface area contributed by atoms with Gasteiger partial charge in [0.25, 0.3) is 5.56 Å². The van der Waals surface area contributed by atoms with E-state index in [0.717, 1.165) is 55.9 Å². The maximum atomic E-state index is 14.7. The number of methoxy groups -OCH3 is 1. The van der Waals surface area contributed by atoms with Gasteiger partial charge in [0.1, 0.15) is 48.4 Å². The third kappa shape index (κ3) is 18.1. The number of aliphatic hydroxyl groups is 1. The molecule has 6 atom stereocenters. The van der Waals surface area contributed by atoms with E-state index in [2.05, 4.69) is 108 Å². The number of carbonyl (C=O) groups excluding carboxylic acids is 3. The van der Waals surface area contributed by atoms with Gasteiger partial charge in [-0.25, -0.2) is 9.59 Å². The highest BCUT2D eigenvalue weighted by molar-refractivity contribution is 6.74. The van der Waals surface area contributed by atoms with Crippen LogP contribution < -0.4 is 31.9 Å². The number of aromatic nitrogens is 2. The summed E-state index contributed by atoms with van der Waals surface area (Å²) in [5.41, 5.74) is 3.44. The van der Waals surface area contributed by atoms with Crippen LogP contribution in [0.1, 0.15) is 155 Å². The van der Waals surface area contributed by atoms with Crippen molar-refractivity contribution >= 4 is 34.6 Å². The molecule has 19 heteroatoms. The molecule has 83 heavy (non-hydrogen) atoms. The van der Waals surface area contributed by atoms with E-state index < -0.39 is 76.1 Å². The SMILES string of the molecule is COc1ccc(Cn2c(=O)ccn([C@@H]3O[C@H](C(O)[C@H](NCCCNC(=O)CCCCCCCCCCNC(=O)OCC4c5ccccc5-c5ccccc54)C(=O)OC(C)(C)C)[C@@H](O[Si](C)(C)C(C)(C)C)[C@H]3O[Si](C)(C)C(C)(C)C)c2=O)cc1. The smallest absolute Gasteiger partial charge is 0.407 e. The Kier molecular flexibility index (Phi) is 23.4. The molecule has 0 saturated carbocycles. The van der Waals surface area contributed by atoms with Gasteiger partial charge < -0.3 is 48.9 Å². The Morgan fingerprint density at radius 3 is 1.78 bits per heavy atom. The Labute approximate surface area is 495 Å². The van der Waals surface area contributed by atoms with Crippen molar-refractivity contribution in [2.75, 3.05) is 33.4 Å². The average Bonchev–Trinajstić information content (AvgIpc) is 3.23. The lowest BCUT2D eigenvalue weighted by Crippen LogP contribution is -2.59. The molecule has 1 fully saturated rings. The number of nitrogens with one attached hydrogen (secondary N) is 3. The molecule has 17 nitrogen and oxygen atoms in total. The molecular formula is C64H97N5O12Si2. The summed E-state index contributed by atoms with van der Waals surface area (Å²) in [7, 11) is -3.89. The second-order valence-electron chi connectivity index (χ2n) is 26.4. The third-order valence-electron chi connectivity index (χ3n) is 16.9. The summed E-state index contributed by atoms with van der Waals surface area (Å²) in [6, 6.07) is 23.7. The topological polar surface area (TPSA) is 207 Å². The average molecular weight is 1180 g/mol. The van der Waals surface area contributed by atoms with E-state index in [-0.39, 0.29) is 41.1 Å². The number of unbranched alkanes of at least 4 members (excludes halogenated alkanes) is 7. The summed E-state index contributed by atoms with van der Waals surface area (Å²) in [6.07, 6.45) is 3.83. The zero-order valence-electron chi connectivity index (χ0n) is 52.1. The molecular weight excluding hydrogens is 1090 g/mol. The monoisotopic (exact) mass is 1180 g/mol. The number of carbonyl (C=O) groups is 3. The predicted octanol–water partition coefficient (Wildman–Crippen LogP) is 11.0. The first-order valence-electron chi connectivity index (χ1n) is 30.0. The summed E-state index contributed by atoms with van der Waals surface area (Å²) in [5.74, 6) is -0.0851. The molecule has 1 unspecified atom stereocenters. The molecule has 3 aromatic carbocycles. The highest BCUT2D eigenvalue weighted by Crippen LogP contribution is 2.47. The van der Waals surface area contributed by atoms with Crippen molar-refractivity contribution in [2.45, 2.75) is 218 Å². The van der Waals surface area contributed by atoms with E-state index in [0.29, 0.717) is 43.9 Å². The minimum Gasteiger partial charge on any atom is -0.497 e. The fourth-order valence-electron chi connectivity index (χ4n) is 10.1. The number of alkyl carbamates (subject to hydrolysis) is 1. The van der Waals surface area contributed by atoms with Crippen molar-refractivity contribution in [1.29, 1.82) is 0 Å². The molecule has 1 aliphatic carbocycles. The number of hydrogen-bond acceptors (Lipinski definition) is 13. The van der Waals surface area contributed by atoms with Crippen LogP contribution in [0.4, 0.5) is 4.79 Å². The van der Waals surface area contributed by atoms with Gasteiger partial charge in [0, 0.05) is 37.7 Å². The van der Waals surface area contributed by atoms with Gasteiger partial charge in [-0.15, -0.1) is 0 Å². The molecule has 4 N–H and O–H groups in total. The van der Waals surface area contributed by atoms with Gasteiger partial charge in [-0.1, -0.05) is 141 Å². The number of rotatable bonds is 29. The maximum absolute atomic E-state index is 14.7. The second kappa shape index (κ2) is 29.1. The Bertz CT molecular complexity index is 2840. The number of benzene rings is 3. The normalized spacial score (nSPS) is 18.3. The minimum absolute atomic E-state index is 0.0253. The number of esters is 1. The van der Waals surface area contributed by atoms with Crippen molar-refractivity contribution < 1.29 is 47.3 Å². The molecule has 0 bridgehead atoms. The summed E-state index contributed by atoms with van der Waals surface area (Å²) < 4.78 is 40.8. The van der Waals surface area contributed by atoms with Crippen molar-refractivity contribution in [3.05, 3.63) is 123 Å². The van der Waals surface area contributed by atoms with Crippen LogP contribution in [0, 0.1) is 0 Å². The molecule has 1 aliphatic heterocycles. The van der Waals surface area contributed by atoms with Gasteiger partial charge in [0.05, 0.1) is 13.7 Å². The van der Waals surface area contributed by atoms with Crippen LogP contribution in [0.15, 0.2) is 94.6 Å². The van der Waals surface area contributed by atoms with Gasteiger partial charge in [0.15, 0.2) is 22.9 Å². The molecule has 4 aromatic rings. The Balaban J connectivity index is 1.01. The number of nitrogens with zero attached hydrogens (tertiary/aromatic N) is 2. The number of hydrogen-bond donors (Lipinski definition) is 4. The Hall–Kier alpha value is -5.42. The Morgan fingerprint density at radius 1 is 0.675 bits per heavy atom. The van der Waals surface area contributed by atoms with E-state index in [4.69, 9.17) is 27.8 Å². The highest BCUT2D eigenvalue weighted by atomic mass is 28.4. The van der Waals surface area contributed by atoms with Crippen LogP contribution in [0.25, 0.3) is 11.1 Å². The van der Waals surface area contributed by atoms with Gasteiger partial charge in [0.2, 0.25) is 5.91 Å². The first kappa shape index (κ1) is 66.7. The highest BCUT2D eigenvalue weighted by Gasteiger charge is 2.58. The van der Waals surface area contributed by atoms with Gasteiger partial charge in [-0.3, -0.25) is 23.5 Å². The summed E-state index contributed by atoms with van der Waals surface area (Å²) in [4.78, 5) is 68.0. The minimum atomic E-state index is -2.73. The first-order valence-corrected chi connectivity index (χ1v) is 35.8. The van der Waals surface area contributed by atoms with Gasteiger partial charge in [-0.05, 0) is 123 Å². The third-order valence-corrected chi connectivity index (χ3v) is 25.8. The molecule has 0 spiro atoms. The van der Waals surface area contributed by atoms with Crippen LogP contribution in [0.2, 0.25) is 36.3 Å². The molecule has 2 aliphatic rings. The fraction of sp³-hybridized carbons (Fsp3) is 0.609. The molecule has 2 amide bonds. The summed E-state index contributed by atoms with van der Waals surface area (Å²) in [6.45, 7) is 27.7. The quantitative estimate of drug-likeness (QED) is 0.0227. The Morgan fingerprint density at radius 2 is 1.22 bits per heavy atom. The number of fused-ring (bicyclic) bond motifs is 3. The van der Waals surface area contributed by atoms with Crippen molar-refractivity contribution in [3.63, 3.8) is 0 Å². The molecule has 458 valence electrons. The number of aliphatic hydroxyl groups excluding tert-OH is 1. The lowest BCUT2D eigenvalue weighted by Gasteiger charge is -2.44. The van der Waals surface area contributed by atoms with E-state index >= 15 is 0 Å². The van der Waals surface area contributed by atoms with Crippen LogP contribution >= 0.6 is 0 Å². The van der Waals surface area contributed by atoms with Gasteiger partial charge in [-0.2, -0.15) is 0 Å². The zero-order chi connectivity index (χ0) is 60.9. The van der Waals surface area contributed by atoms with Crippen molar-refractivity contribution in [2.24, 2.45) is 0 Å². The molecule has 1 saturated heterocycles. The van der Waals surface area contributed by atoms with E-state index in [1.807, 2.05) is 24.3 Å².